The van der Waals surface area contributed by atoms with Crippen LogP contribution in [0.5, 0.6) is 5.75 Å². The van der Waals surface area contributed by atoms with Crippen molar-refractivity contribution in [2.75, 3.05) is 5.32 Å². The number of halogens is 2. The fourth-order valence-electron chi connectivity index (χ4n) is 3.94. The number of ketones is 1. The van der Waals surface area contributed by atoms with Gasteiger partial charge in [0.05, 0.1) is 0 Å². The number of nitrogens with zero attached hydrogens (tertiary/aromatic N) is 4. The van der Waals surface area contributed by atoms with E-state index < -0.39 is 6.04 Å². The van der Waals surface area contributed by atoms with Crippen LogP contribution in [0.1, 0.15) is 36.4 Å². The number of benzene rings is 2. The van der Waals surface area contributed by atoms with Crippen molar-refractivity contribution in [1.29, 1.82) is 0 Å². The normalized spacial score (nSPS) is 17.9. The van der Waals surface area contributed by atoms with Crippen LogP contribution in [0.15, 0.2) is 53.7 Å². The molecular formula is C21H17Cl2N5O2. The molecule has 0 amide bonds. The van der Waals surface area contributed by atoms with E-state index in [4.69, 9.17) is 27.9 Å². The zero-order chi connectivity index (χ0) is 20.7. The Bertz CT molecular complexity index is 1170. The van der Waals surface area contributed by atoms with Gasteiger partial charge in [0.1, 0.15) is 18.4 Å². The molecule has 2 aromatic carbocycles. The van der Waals surface area contributed by atoms with Crippen molar-refractivity contribution in [3.63, 3.8) is 0 Å². The number of carbonyl (C=O) groups is 1. The van der Waals surface area contributed by atoms with Gasteiger partial charge < -0.3 is 10.1 Å². The lowest BCUT2D eigenvalue weighted by atomic mass is 9.85. The van der Waals surface area contributed by atoms with Gasteiger partial charge in [0.15, 0.2) is 5.78 Å². The standard InChI is InChI=1S/C21H17Cl2N5O2/c22-13-9-8-12(15(23)10-13)11-30-18-7-2-1-4-14(18)20-19-16(5-3-6-17(19)29)24-21-25-26-27-28(20)21/h1-2,4,7-10,20H,3,5-6,11H2,(H,24,25,27). The summed E-state index contributed by atoms with van der Waals surface area (Å²) in [4.78, 5) is 12.9. The number of rotatable bonds is 4. The van der Waals surface area contributed by atoms with Crippen LogP contribution < -0.4 is 10.1 Å². The van der Waals surface area contributed by atoms with Gasteiger partial charge >= 0.3 is 0 Å². The molecule has 1 aliphatic heterocycles. The summed E-state index contributed by atoms with van der Waals surface area (Å²) >= 11 is 12.3. The maximum atomic E-state index is 12.9. The van der Waals surface area contributed by atoms with Crippen LogP contribution in [0.25, 0.3) is 0 Å². The Morgan fingerprint density at radius 3 is 2.90 bits per heavy atom. The van der Waals surface area contributed by atoms with E-state index in [0.717, 1.165) is 29.7 Å². The molecule has 1 atom stereocenters. The first-order chi connectivity index (χ1) is 14.6. The molecule has 1 aromatic heterocycles. The Balaban J connectivity index is 1.54. The number of anilines is 1. The minimum atomic E-state index is -0.448. The summed E-state index contributed by atoms with van der Waals surface area (Å²) < 4.78 is 7.78. The largest absolute Gasteiger partial charge is 0.488 e. The first-order valence-electron chi connectivity index (χ1n) is 9.58. The third kappa shape index (κ3) is 3.34. The summed E-state index contributed by atoms with van der Waals surface area (Å²) in [5.41, 5.74) is 3.22. The molecule has 0 bridgehead atoms. The summed E-state index contributed by atoms with van der Waals surface area (Å²) in [6.07, 6.45) is 2.11. The summed E-state index contributed by atoms with van der Waals surface area (Å²) in [5, 5.41) is 16.3. The fourth-order valence-corrected chi connectivity index (χ4v) is 4.40. The molecular weight excluding hydrogens is 425 g/mol. The van der Waals surface area contributed by atoms with Crippen LogP contribution in [-0.2, 0) is 11.4 Å². The molecule has 1 aliphatic carbocycles. The highest BCUT2D eigenvalue weighted by molar-refractivity contribution is 6.35. The third-order valence-electron chi connectivity index (χ3n) is 5.34. The Morgan fingerprint density at radius 1 is 1.17 bits per heavy atom. The van der Waals surface area contributed by atoms with Crippen molar-refractivity contribution in [2.45, 2.75) is 31.9 Å². The smallest absolute Gasteiger partial charge is 0.248 e. The number of aromatic nitrogens is 4. The van der Waals surface area contributed by atoms with Crippen LogP contribution >= 0.6 is 23.2 Å². The lowest BCUT2D eigenvalue weighted by Gasteiger charge is -2.32. The number of para-hydroxylation sites is 1. The highest BCUT2D eigenvalue weighted by Gasteiger charge is 2.37. The van der Waals surface area contributed by atoms with E-state index in [0.29, 0.717) is 33.7 Å². The zero-order valence-corrected chi connectivity index (χ0v) is 17.3. The van der Waals surface area contributed by atoms with Crippen LogP contribution in [0.4, 0.5) is 5.95 Å². The van der Waals surface area contributed by atoms with Gasteiger partial charge in [-0.05, 0) is 41.5 Å². The van der Waals surface area contributed by atoms with Gasteiger partial charge in [-0.25, -0.2) is 0 Å². The Hall–Kier alpha value is -2.90. The van der Waals surface area contributed by atoms with Gasteiger partial charge in [0.2, 0.25) is 5.95 Å². The zero-order valence-electron chi connectivity index (χ0n) is 15.8. The van der Waals surface area contributed by atoms with E-state index >= 15 is 0 Å². The van der Waals surface area contributed by atoms with E-state index in [-0.39, 0.29) is 12.4 Å². The van der Waals surface area contributed by atoms with Crippen molar-refractivity contribution < 1.29 is 9.53 Å². The number of allylic oxidation sites excluding steroid dienone is 2. The van der Waals surface area contributed by atoms with E-state index in [9.17, 15) is 4.79 Å². The van der Waals surface area contributed by atoms with Crippen molar-refractivity contribution in [2.24, 2.45) is 0 Å². The molecule has 0 saturated heterocycles. The third-order valence-corrected chi connectivity index (χ3v) is 5.93. The number of Topliss-reactive ketones (excluding diaryl/α,β-unsaturated/α-hetero) is 1. The molecule has 0 spiro atoms. The maximum Gasteiger partial charge on any atom is 0.248 e. The Labute approximate surface area is 182 Å². The Kier molecular flexibility index (Phi) is 4.92. The number of nitrogens with one attached hydrogen (secondary N) is 1. The summed E-state index contributed by atoms with van der Waals surface area (Å²) in [7, 11) is 0. The number of carbonyl (C=O) groups excluding carboxylic acids is 1. The molecule has 2 aliphatic rings. The van der Waals surface area contributed by atoms with Gasteiger partial charge in [-0.15, -0.1) is 0 Å². The van der Waals surface area contributed by atoms with Crippen molar-refractivity contribution >= 4 is 34.9 Å². The predicted octanol–water partition coefficient (Wildman–Crippen LogP) is 4.58. The van der Waals surface area contributed by atoms with Crippen LogP contribution in [0.3, 0.4) is 0 Å². The van der Waals surface area contributed by atoms with Crippen molar-refractivity contribution in [3.8, 4) is 5.75 Å². The topological polar surface area (TPSA) is 81.9 Å². The maximum absolute atomic E-state index is 12.9. The minimum Gasteiger partial charge on any atom is -0.488 e. The molecule has 0 saturated carbocycles. The van der Waals surface area contributed by atoms with Gasteiger partial charge in [-0.3, -0.25) is 4.79 Å². The van der Waals surface area contributed by atoms with E-state index in [2.05, 4.69) is 20.8 Å². The molecule has 3 aromatic rings. The van der Waals surface area contributed by atoms with Gasteiger partial charge in [0, 0.05) is 38.9 Å². The second-order valence-corrected chi connectivity index (χ2v) is 8.05. The van der Waals surface area contributed by atoms with Gasteiger partial charge in [-0.2, -0.15) is 4.68 Å². The molecule has 1 N–H and O–H groups in total. The van der Waals surface area contributed by atoms with E-state index in [1.54, 1.807) is 16.8 Å². The summed E-state index contributed by atoms with van der Waals surface area (Å²) in [6.45, 7) is 0.264. The second kappa shape index (κ2) is 7.74. The molecule has 0 fully saturated rings. The first-order valence-corrected chi connectivity index (χ1v) is 10.3. The van der Waals surface area contributed by atoms with Crippen LogP contribution in [0.2, 0.25) is 10.0 Å². The molecule has 1 unspecified atom stereocenters. The van der Waals surface area contributed by atoms with Crippen LogP contribution in [-0.4, -0.2) is 26.0 Å². The summed E-state index contributed by atoms with van der Waals surface area (Å²) in [6, 6.07) is 12.5. The minimum absolute atomic E-state index is 0.102. The highest BCUT2D eigenvalue weighted by Crippen LogP contribution is 2.42. The monoisotopic (exact) mass is 441 g/mol. The number of fused-ring (bicyclic) bond motifs is 1. The Morgan fingerprint density at radius 2 is 2.03 bits per heavy atom. The lowest BCUT2D eigenvalue weighted by Crippen LogP contribution is -2.31. The number of hydrogen-bond acceptors (Lipinski definition) is 6. The molecule has 2 heterocycles. The van der Waals surface area contributed by atoms with Crippen LogP contribution in [0, 0.1) is 0 Å². The number of hydrogen-bond donors (Lipinski definition) is 1. The number of tetrazole rings is 1. The summed E-state index contributed by atoms with van der Waals surface area (Å²) in [5.74, 6) is 1.26. The quantitative estimate of drug-likeness (QED) is 0.637. The highest BCUT2D eigenvalue weighted by atomic mass is 35.5. The molecule has 152 valence electrons. The first kappa shape index (κ1) is 19.1. The van der Waals surface area contributed by atoms with Gasteiger partial charge in [0.25, 0.3) is 0 Å². The molecule has 5 rings (SSSR count). The predicted molar refractivity (Wildman–Crippen MR) is 113 cm³/mol. The van der Waals surface area contributed by atoms with Crippen molar-refractivity contribution in [3.05, 3.63) is 74.9 Å². The molecule has 9 heteroatoms. The molecule has 7 nitrogen and oxygen atoms in total. The van der Waals surface area contributed by atoms with Crippen molar-refractivity contribution in [1.82, 2.24) is 20.2 Å². The average Bonchev–Trinajstić information content (AvgIpc) is 3.20. The molecule has 0 radical (unpaired) electrons. The molecule has 30 heavy (non-hydrogen) atoms. The number of ether oxygens (including phenoxy) is 1. The van der Waals surface area contributed by atoms with E-state index in [1.165, 1.54) is 0 Å². The fraction of sp³-hybridized carbons (Fsp3) is 0.238. The second-order valence-electron chi connectivity index (χ2n) is 7.21. The SMILES string of the molecule is O=C1CCCC2=C1C(c1ccccc1OCc1ccc(Cl)cc1Cl)n1nnnc1N2. The lowest BCUT2D eigenvalue weighted by molar-refractivity contribution is -0.116. The van der Waals surface area contributed by atoms with E-state index in [1.807, 2.05) is 30.3 Å². The average molecular weight is 442 g/mol. The van der Waals surface area contributed by atoms with Gasteiger partial charge in [-0.1, -0.05) is 52.6 Å².